The monoisotopic (exact) mass is 329 g/mol. The third-order valence-corrected chi connectivity index (χ3v) is 3.60. The van der Waals surface area contributed by atoms with Gasteiger partial charge in [-0.2, -0.15) is 0 Å². The molecule has 0 saturated carbocycles. The molecule has 128 valence electrons. The van der Waals surface area contributed by atoms with Crippen LogP contribution >= 0.6 is 0 Å². The standard InChI is InChI=1S/C18H24FN5/c1-20-18(24(4)13-15-6-5-7-16(19)10-15)22-12-14-8-9-21-17(11-14)23(2)3/h5-11H,12-13H2,1-4H3,(H,20,22). The number of pyridine rings is 1. The van der Waals surface area contributed by atoms with Gasteiger partial charge >= 0.3 is 0 Å². The lowest BCUT2D eigenvalue weighted by Gasteiger charge is -2.22. The van der Waals surface area contributed by atoms with E-state index in [1.165, 1.54) is 12.1 Å². The molecule has 0 bridgehead atoms. The zero-order chi connectivity index (χ0) is 17.5. The number of anilines is 1. The minimum Gasteiger partial charge on any atom is -0.363 e. The summed E-state index contributed by atoms with van der Waals surface area (Å²) in [4.78, 5) is 12.5. The van der Waals surface area contributed by atoms with Gasteiger partial charge in [-0.25, -0.2) is 9.37 Å². The molecule has 2 aromatic rings. The molecule has 0 aliphatic rings. The molecule has 0 atom stereocenters. The van der Waals surface area contributed by atoms with E-state index in [2.05, 4.69) is 15.3 Å². The van der Waals surface area contributed by atoms with E-state index in [0.29, 0.717) is 13.1 Å². The number of guanidine groups is 1. The van der Waals surface area contributed by atoms with Crippen molar-refractivity contribution in [2.24, 2.45) is 4.99 Å². The Morgan fingerprint density at radius 1 is 1.17 bits per heavy atom. The Morgan fingerprint density at radius 2 is 1.96 bits per heavy atom. The summed E-state index contributed by atoms with van der Waals surface area (Å²) in [6, 6.07) is 10.6. The Morgan fingerprint density at radius 3 is 2.62 bits per heavy atom. The highest BCUT2D eigenvalue weighted by molar-refractivity contribution is 5.79. The molecule has 1 aromatic carbocycles. The molecule has 6 heteroatoms. The number of nitrogens with zero attached hydrogens (tertiary/aromatic N) is 4. The fourth-order valence-electron chi connectivity index (χ4n) is 2.37. The average molecular weight is 329 g/mol. The van der Waals surface area contributed by atoms with E-state index >= 15 is 0 Å². The van der Waals surface area contributed by atoms with Crippen molar-refractivity contribution < 1.29 is 4.39 Å². The first-order valence-electron chi connectivity index (χ1n) is 7.78. The van der Waals surface area contributed by atoms with Gasteiger partial charge in [0.2, 0.25) is 0 Å². The Labute approximate surface area is 142 Å². The largest absolute Gasteiger partial charge is 0.363 e. The maximum absolute atomic E-state index is 13.3. The van der Waals surface area contributed by atoms with E-state index in [1.807, 2.05) is 49.1 Å². The van der Waals surface area contributed by atoms with Gasteiger partial charge in [-0.15, -0.1) is 0 Å². The van der Waals surface area contributed by atoms with Crippen LogP contribution in [0.2, 0.25) is 0 Å². The normalized spacial score (nSPS) is 11.3. The number of hydrogen-bond donors (Lipinski definition) is 1. The van der Waals surface area contributed by atoms with Gasteiger partial charge in [-0.05, 0) is 35.4 Å². The fraction of sp³-hybridized carbons (Fsp3) is 0.333. The van der Waals surface area contributed by atoms with Gasteiger partial charge in [0.1, 0.15) is 11.6 Å². The lowest BCUT2D eigenvalue weighted by molar-refractivity contribution is 0.474. The molecule has 24 heavy (non-hydrogen) atoms. The number of rotatable bonds is 5. The van der Waals surface area contributed by atoms with E-state index in [-0.39, 0.29) is 5.82 Å². The second-order valence-electron chi connectivity index (χ2n) is 5.80. The van der Waals surface area contributed by atoms with Gasteiger partial charge in [-0.3, -0.25) is 4.99 Å². The minimum absolute atomic E-state index is 0.225. The number of aromatic nitrogens is 1. The van der Waals surface area contributed by atoms with Crippen molar-refractivity contribution in [2.75, 3.05) is 33.1 Å². The zero-order valence-electron chi connectivity index (χ0n) is 14.6. The number of aliphatic imine (C=N–C) groups is 1. The second kappa shape index (κ2) is 8.29. The van der Waals surface area contributed by atoms with Gasteiger partial charge in [0.25, 0.3) is 0 Å². The molecular formula is C18H24FN5. The summed E-state index contributed by atoms with van der Waals surface area (Å²) >= 11 is 0. The van der Waals surface area contributed by atoms with Crippen LogP contribution < -0.4 is 10.2 Å². The first kappa shape index (κ1) is 17.7. The number of benzene rings is 1. The molecule has 0 radical (unpaired) electrons. The van der Waals surface area contributed by atoms with Crippen LogP contribution in [0.5, 0.6) is 0 Å². The third kappa shape index (κ3) is 4.94. The highest BCUT2D eigenvalue weighted by Crippen LogP contribution is 2.10. The second-order valence-corrected chi connectivity index (χ2v) is 5.80. The maximum Gasteiger partial charge on any atom is 0.193 e. The smallest absolute Gasteiger partial charge is 0.193 e. The molecular weight excluding hydrogens is 305 g/mol. The van der Waals surface area contributed by atoms with E-state index in [4.69, 9.17) is 0 Å². The van der Waals surface area contributed by atoms with E-state index in [1.54, 1.807) is 19.3 Å². The van der Waals surface area contributed by atoms with E-state index in [0.717, 1.165) is 22.9 Å². The van der Waals surface area contributed by atoms with Crippen LogP contribution in [0.25, 0.3) is 0 Å². The zero-order valence-corrected chi connectivity index (χ0v) is 14.6. The summed E-state index contributed by atoms with van der Waals surface area (Å²) < 4.78 is 13.3. The summed E-state index contributed by atoms with van der Waals surface area (Å²) in [6.07, 6.45) is 1.80. The topological polar surface area (TPSA) is 43.8 Å². The Bertz CT molecular complexity index is 699. The Hall–Kier alpha value is -2.63. The molecule has 2 rings (SSSR count). The molecule has 5 nitrogen and oxygen atoms in total. The van der Waals surface area contributed by atoms with Crippen LogP contribution in [0.15, 0.2) is 47.6 Å². The van der Waals surface area contributed by atoms with Gasteiger partial charge in [0, 0.05) is 47.5 Å². The molecule has 0 saturated heterocycles. The van der Waals surface area contributed by atoms with Crippen LogP contribution in [-0.4, -0.2) is 44.0 Å². The molecule has 0 unspecified atom stereocenters. The van der Waals surface area contributed by atoms with Crippen molar-refractivity contribution in [2.45, 2.75) is 13.1 Å². The molecule has 0 fully saturated rings. The summed E-state index contributed by atoms with van der Waals surface area (Å²) in [5.74, 6) is 1.44. The number of nitrogens with one attached hydrogen (secondary N) is 1. The summed E-state index contributed by atoms with van der Waals surface area (Å²) in [6.45, 7) is 1.22. The summed E-state index contributed by atoms with van der Waals surface area (Å²) in [5.41, 5.74) is 2.02. The van der Waals surface area contributed by atoms with Crippen LogP contribution in [0.4, 0.5) is 10.2 Å². The Balaban J connectivity index is 1.98. The lowest BCUT2D eigenvalue weighted by Crippen LogP contribution is -2.38. The van der Waals surface area contributed by atoms with Gasteiger partial charge in [-0.1, -0.05) is 12.1 Å². The Kier molecular flexibility index (Phi) is 6.12. The molecule has 1 aromatic heterocycles. The molecule has 0 amide bonds. The number of hydrogen-bond acceptors (Lipinski definition) is 3. The molecule has 1 N–H and O–H groups in total. The predicted octanol–water partition coefficient (Wildman–Crippen LogP) is 2.49. The maximum atomic E-state index is 13.3. The van der Waals surface area contributed by atoms with Crippen molar-refractivity contribution >= 4 is 11.8 Å². The van der Waals surface area contributed by atoms with Crippen LogP contribution in [0.1, 0.15) is 11.1 Å². The molecule has 1 heterocycles. The first-order valence-corrected chi connectivity index (χ1v) is 7.78. The first-order chi connectivity index (χ1) is 11.5. The van der Waals surface area contributed by atoms with Crippen LogP contribution in [0.3, 0.4) is 0 Å². The molecule has 0 spiro atoms. The third-order valence-electron chi connectivity index (χ3n) is 3.60. The highest BCUT2D eigenvalue weighted by Gasteiger charge is 2.08. The van der Waals surface area contributed by atoms with Gasteiger partial charge in [0.05, 0.1) is 0 Å². The van der Waals surface area contributed by atoms with Crippen molar-refractivity contribution in [3.05, 3.63) is 59.5 Å². The van der Waals surface area contributed by atoms with Crippen molar-refractivity contribution in [1.29, 1.82) is 0 Å². The van der Waals surface area contributed by atoms with Gasteiger partial charge in [0.15, 0.2) is 5.96 Å². The van der Waals surface area contributed by atoms with E-state index < -0.39 is 0 Å². The minimum atomic E-state index is -0.225. The van der Waals surface area contributed by atoms with Gasteiger partial charge < -0.3 is 15.1 Å². The lowest BCUT2D eigenvalue weighted by atomic mass is 10.2. The number of halogens is 1. The van der Waals surface area contributed by atoms with E-state index in [9.17, 15) is 4.39 Å². The van der Waals surface area contributed by atoms with Crippen molar-refractivity contribution in [1.82, 2.24) is 15.2 Å². The highest BCUT2D eigenvalue weighted by atomic mass is 19.1. The van der Waals surface area contributed by atoms with Crippen molar-refractivity contribution in [3.8, 4) is 0 Å². The summed E-state index contributed by atoms with van der Waals surface area (Å²) in [7, 11) is 7.59. The molecule has 0 aliphatic carbocycles. The SMILES string of the molecule is CN=C(NCc1ccnc(N(C)C)c1)N(C)Cc1cccc(F)c1. The molecule has 0 aliphatic heterocycles. The average Bonchev–Trinajstić information content (AvgIpc) is 2.55. The fourth-order valence-corrected chi connectivity index (χ4v) is 2.37. The van der Waals surface area contributed by atoms with Crippen molar-refractivity contribution in [3.63, 3.8) is 0 Å². The predicted molar refractivity (Wildman–Crippen MR) is 96.6 cm³/mol. The quantitative estimate of drug-likeness (QED) is 0.676. The van der Waals surface area contributed by atoms with Crippen LogP contribution in [0, 0.1) is 5.82 Å². The summed E-state index contributed by atoms with van der Waals surface area (Å²) in [5, 5.41) is 3.32. The van der Waals surface area contributed by atoms with Crippen LogP contribution in [-0.2, 0) is 13.1 Å².